The topological polar surface area (TPSA) is 39.4 Å². The first-order chi connectivity index (χ1) is 15.3. The van der Waals surface area contributed by atoms with Crippen molar-refractivity contribution >= 4 is 22.3 Å². The molecule has 0 spiro atoms. The number of methoxy groups -OCH3 is 1. The third-order valence-corrected chi connectivity index (χ3v) is 6.10. The number of fused-ring (bicyclic) bond motifs is 1. The SMILES string of the molecule is COc1cc2nn(C3CCCCC3)cc2cc1N=C(c1ccccc1)c1ccccc1. The molecule has 0 radical (unpaired) electrons. The Morgan fingerprint density at radius 3 is 2.16 bits per heavy atom. The first kappa shape index (κ1) is 19.6. The van der Waals surface area contributed by atoms with Gasteiger partial charge in [-0.25, -0.2) is 4.99 Å². The number of aliphatic imine (C=N–C) groups is 1. The highest BCUT2D eigenvalue weighted by atomic mass is 16.5. The minimum absolute atomic E-state index is 0.503. The summed E-state index contributed by atoms with van der Waals surface area (Å²) < 4.78 is 7.88. The molecular formula is C27H27N3O. The van der Waals surface area contributed by atoms with Gasteiger partial charge in [-0.3, -0.25) is 4.68 Å². The van der Waals surface area contributed by atoms with Gasteiger partial charge in [0.25, 0.3) is 0 Å². The van der Waals surface area contributed by atoms with E-state index in [9.17, 15) is 0 Å². The van der Waals surface area contributed by atoms with E-state index in [0.717, 1.165) is 39.2 Å². The number of aromatic nitrogens is 2. The minimum atomic E-state index is 0.503. The molecule has 0 N–H and O–H groups in total. The van der Waals surface area contributed by atoms with Crippen LogP contribution in [0, 0.1) is 0 Å². The highest BCUT2D eigenvalue weighted by Gasteiger charge is 2.18. The lowest BCUT2D eigenvalue weighted by molar-refractivity contribution is 0.331. The van der Waals surface area contributed by atoms with Crippen LogP contribution < -0.4 is 4.74 Å². The number of hydrogen-bond acceptors (Lipinski definition) is 3. The summed E-state index contributed by atoms with van der Waals surface area (Å²) in [7, 11) is 1.70. The average molecular weight is 410 g/mol. The van der Waals surface area contributed by atoms with Crippen LogP contribution >= 0.6 is 0 Å². The second-order valence-corrected chi connectivity index (χ2v) is 8.18. The van der Waals surface area contributed by atoms with Crippen LogP contribution in [0.5, 0.6) is 5.75 Å². The van der Waals surface area contributed by atoms with E-state index >= 15 is 0 Å². The summed E-state index contributed by atoms with van der Waals surface area (Å²) >= 11 is 0. The van der Waals surface area contributed by atoms with Crippen molar-refractivity contribution in [3.63, 3.8) is 0 Å². The van der Waals surface area contributed by atoms with Crippen LogP contribution in [0.1, 0.15) is 49.3 Å². The lowest BCUT2D eigenvalue weighted by Crippen LogP contribution is -2.12. The Kier molecular flexibility index (Phi) is 5.53. The summed E-state index contributed by atoms with van der Waals surface area (Å²) in [5, 5.41) is 5.97. The Labute approximate surface area is 183 Å². The van der Waals surface area contributed by atoms with E-state index in [1.54, 1.807) is 7.11 Å². The molecule has 4 nitrogen and oxygen atoms in total. The van der Waals surface area contributed by atoms with Gasteiger partial charge in [-0.2, -0.15) is 5.10 Å². The van der Waals surface area contributed by atoms with Crippen molar-refractivity contribution in [2.45, 2.75) is 38.1 Å². The van der Waals surface area contributed by atoms with Gasteiger partial charge in [0, 0.05) is 28.8 Å². The predicted octanol–water partition coefficient (Wildman–Crippen LogP) is 6.72. The van der Waals surface area contributed by atoms with Crippen LogP contribution in [0.2, 0.25) is 0 Å². The summed E-state index contributed by atoms with van der Waals surface area (Å²) in [4.78, 5) is 5.10. The fraction of sp³-hybridized carbons (Fsp3) is 0.259. The highest BCUT2D eigenvalue weighted by Crippen LogP contribution is 2.35. The number of hydrogen-bond donors (Lipinski definition) is 0. The van der Waals surface area contributed by atoms with Gasteiger partial charge in [0.15, 0.2) is 0 Å². The summed E-state index contributed by atoms with van der Waals surface area (Å²) in [6.07, 6.45) is 8.51. The Bertz CT molecular complexity index is 1150. The lowest BCUT2D eigenvalue weighted by Gasteiger charge is -2.21. The molecule has 0 atom stereocenters. The zero-order valence-corrected chi connectivity index (χ0v) is 17.9. The van der Waals surface area contributed by atoms with E-state index in [1.165, 1.54) is 32.1 Å². The van der Waals surface area contributed by atoms with E-state index in [2.05, 4.69) is 41.2 Å². The molecule has 3 aromatic carbocycles. The molecule has 0 saturated heterocycles. The molecule has 31 heavy (non-hydrogen) atoms. The first-order valence-corrected chi connectivity index (χ1v) is 11.1. The quantitative estimate of drug-likeness (QED) is 0.343. The van der Waals surface area contributed by atoms with Crippen molar-refractivity contribution in [3.05, 3.63) is 90.1 Å². The van der Waals surface area contributed by atoms with Crippen LogP contribution in [-0.2, 0) is 0 Å². The second-order valence-electron chi connectivity index (χ2n) is 8.18. The minimum Gasteiger partial charge on any atom is -0.494 e. The van der Waals surface area contributed by atoms with Gasteiger partial charge in [0.05, 0.1) is 24.4 Å². The molecule has 1 fully saturated rings. The third kappa shape index (κ3) is 4.11. The van der Waals surface area contributed by atoms with E-state index < -0.39 is 0 Å². The number of nitrogens with zero attached hydrogens (tertiary/aromatic N) is 3. The van der Waals surface area contributed by atoms with Gasteiger partial charge in [0.2, 0.25) is 0 Å². The number of benzene rings is 3. The van der Waals surface area contributed by atoms with Gasteiger partial charge in [0.1, 0.15) is 11.4 Å². The Balaban J connectivity index is 1.62. The van der Waals surface area contributed by atoms with Crippen molar-refractivity contribution < 1.29 is 4.74 Å². The maximum absolute atomic E-state index is 5.72. The molecule has 4 heteroatoms. The van der Waals surface area contributed by atoms with E-state index in [0.29, 0.717) is 6.04 Å². The van der Waals surface area contributed by atoms with Crippen molar-refractivity contribution in [2.24, 2.45) is 4.99 Å². The average Bonchev–Trinajstić information content (AvgIpc) is 3.26. The predicted molar refractivity (Wildman–Crippen MR) is 127 cm³/mol. The third-order valence-electron chi connectivity index (χ3n) is 6.10. The molecule has 0 amide bonds. The molecule has 0 aliphatic heterocycles. The summed E-state index contributed by atoms with van der Waals surface area (Å²) in [5.41, 5.74) is 4.87. The first-order valence-electron chi connectivity index (χ1n) is 11.1. The maximum atomic E-state index is 5.72. The fourth-order valence-corrected chi connectivity index (χ4v) is 4.45. The van der Waals surface area contributed by atoms with Gasteiger partial charge < -0.3 is 4.74 Å². The normalized spacial score (nSPS) is 14.5. The molecule has 1 aromatic heterocycles. The molecule has 0 unspecified atom stereocenters. The Morgan fingerprint density at radius 1 is 0.903 bits per heavy atom. The Hall–Kier alpha value is -3.40. The molecular weight excluding hydrogens is 382 g/mol. The fourth-order valence-electron chi connectivity index (χ4n) is 4.45. The molecule has 1 heterocycles. The molecule has 4 aromatic rings. The van der Waals surface area contributed by atoms with Crippen molar-refractivity contribution in [3.8, 4) is 5.75 Å². The van der Waals surface area contributed by atoms with Crippen molar-refractivity contribution in [1.82, 2.24) is 9.78 Å². The zero-order valence-electron chi connectivity index (χ0n) is 17.9. The lowest BCUT2D eigenvalue weighted by atomic mass is 9.96. The molecule has 156 valence electrons. The molecule has 0 bridgehead atoms. The van der Waals surface area contributed by atoms with Crippen LogP contribution in [0.15, 0.2) is 84.0 Å². The van der Waals surface area contributed by atoms with Gasteiger partial charge in [-0.15, -0.1) is 0 Å². The van der Waals surface area contributed by atoms with E-state index in [-0.39, 0.29) is 0 Å². The van der Waals surface area contributed by atoms with Gasteiger partial charge >= 0.3 is 0 Å². The summed E-state index contributed by atoms with van der Waals surface area (Å²) in [6.45, 7) is 0. The van der Waals surface area contributed by atoms with E-state index in [4.69, 9.17) is 14.8 Å². The van der Waals surface area contributed by atoms with Gasteiger partial charge in [-0.05, 0) is 18.9 Å². The van der Waals surface area contributed by atoms with Crippen LogP contribution in [0.25, 0.3) is 10.9 Å². The zero-order chi connectivity index (χ0) is 21.0. The number of rotatable bonds is 5. The highest BCUT2D eigenvalue weighted by molar-refractivity contribution is 6.14. The molecule has 1 aliphatic carbocycles. The van der Waals surface area contributed by atoms with E-state index in [1.807, 2.05) is 42.5 Å². The summed E-state index contributed by atoms with van der Waals surface area (Å²) in [5.74, 6) is 0.741. The van der Waals surface area contributed by atoms with Crippen molar-refractivity contribution in [1.29, 1.82) is 0 Å². The van der Waals surface area contributed by atoms with Crippen LogP contribution in [0.3, 0.4) is 0 Å². The monoisotopic (exact) mass is 409 g/mol. The molecule has 1 aliphatic rings. The Morgan fingerprint density at radius 2 is 1.55 bits per heavy atom. The second kappa shape index (κ2) is 8.76. The largest absolute Gasteiger partial charge is 0.494 e. The van der Waals surface area contributed by atoms with Crippen LogP contribution in [0.4, 0.5) is 5.69 Å². The summed E-state index contributed by atoms with van der Waals surface area (Å²) in [6, 6.07) is 25.2. The van der Waals surface area contributed by atoms with Crippen LogP contribution in [-0.4, -0.2) is 22.6 Å². The van der Waals surface area contributed by atoms with Gasteiger partial charge in [-0.1, -0.05) is 79.9 Å². The smallest absolute Gasteiger partial charge is 0.146 e. The molecule has 1 saturated carbocycles. The maximum Gasteiger partial charge on any atom is 0.146 e. The van der Waals surface area contributed by atoms with Crippen molar-refractivity contribution in [2.75, 3.05) is 7.11 Å². The number of ether oxygens (including phenoxy) is 1. The molecule has 5 rings (SSSR count). The standard InChI is InChI=1S/C27H27N3O/c1-31-26-18-24-22(19-30(29-24)23-15-9-4-10-16-23)17-25(26)28-27(20-11-5-2-6-12-20)21-13-7-3-8-14-21/h2-3,5-8,11-14,17-19,23H,4,9-10,15-16H2,1H3.